The highest BCUT2D eigenvalue weighted by Gasteiger charge is 2.06. The van der Waals surface area contributed by atoms with E-state index >= 15 is 0 Å². The van der Waals surface area contributed by atoms with E-state index in [1.54, 1.807) is 18.2 Å². The van der Waals surface area contributed by atoms with Crippen molar-refractivity contribution in [2.75, 3.05) is 0 Å². The third-order valence-electron chi connectivity index (χ3n) is 2.69. The summed E-state index contributed by atoms with van der Waals surface area (Å²) in [5.74, 6) is -0.0843. The van der Waals surface area contributed by atoms with Gasteiger partial charge in [0.2, 0.25) is 0 Å². The highest BCUT2D eigenvalue weighted by Crippen LogP contribution is 2.19. The molecule has 20 heavy (non-hydrogen) atoms. The number of hydrogen-bond acceptors (Lipinski definition) is 4. The zero-order valence-corrected chi connectivity index (χ0v) is 10.6. The standard InChI is InChI=1S/C14H13FN2O3/c15-12-4-11(8-16)6-14(7-12)20-9-10-2-1-3-13(5-10)17(18)19/h1-7H,8-9,16H2. The van der Waals surface area contributed by atoms with Gasteiger partial charge in [-0.25, -0.2) is 4.39 Å². The highest BCUT2D eigenvalue weighted by atomic mass is 19.1. The first-order valence-corrected chi connectivity index (χ1v) is 5.94. The first-order chi connectivity index (χ1) is 9.58. The number of benzene rings is 2. The summed E-state index contributed by atoms with van der Waals surface area (Å²) in [5, 5.41) is 10.7. The lowest BCUT2D eigenvalue weighted by Gasteiger charge is -2.08. The number of nitro groups is 1. The van der Waals surface area contributed by atoms with Crippen LogP contribution in [-0.4, -0.2) is 4.92 Å². The molecular formula is C14H13FN2O3. The van der Waals surface area contributed by atoms with Crippen LogP contribution in [0.2, 0.25) is 0 Å². The topological polar surface area (TPSA) is 78.4 Å². The van der Waals surface area contributed by atoms with Gasteiger partial charge in [0, 0.05) is 24.7 Å². The summed E-state index contributed by atoms with van der Waals surface area (Å²) < 4.78 is 18.7. The fraction of sp³-hybridized carbons (Fsp3) is 0.143. The molecule has 0 unspecified atom stereocenters. The Hall–Kier alpha value is -2.47. The predicted octanol–water partition coefficient (Wildman–Crippen LogP) is 2.77. The lowest BCUT2D eigenvalue weighted by Crippen LogP contribution is -2.00. The van der Waals surface area contributed by atoms with Gasteiger partial charge in [0.25, 0.3) is 5.69 Å². The van der Waals surface area contributed by atoms with Gasteiger partial charge in [0.05, 0.1) is 4.92 Å². The molecule has 0 aliphatic carbocycles. The van der Waals surface area contributed by atoms with Crippen molar-refractivity contribution in [2.24, 2.45) is 5.73 Å². The number of nitro benzene ring substituents is 1. The lowest BCUT2D eigenvalue weighted by atomic mass is 10.2. The van der Waals surface area contributed by atoms with Crippen molar-refractivity contribution in [2.45, 2.75) is 13.2 Å². The zero-order chi connectivity index (χ0) is 14.5. The second kappa shape index (κ2) is 6.12. The van der Waals surface area contributed by atoms with E-state index in [-0.39, 0.29) is 18.8 Å². The van der Waals surface area contributed by atoms with E-state index in [4.69, 9.17) is 10.5 Å². The van der Waals surface area contributed by atoms with E-state index in [1.165, 1.54) is 24.3 Å². The van der Waals surface area contributed by atoms with Crippen LogP contribution >= 0.6 is 0 Å². The lowest BCUT2D eigenvalue weighted by molar-refractivity contribution is -0.384. The van der Waals surface area contributed by atoms with Crippen molar-refractivity contribution in [3.8, 4) is 5.75 Å². The normalized spacial score (nSPS) is 10.3. The SMILES string of the molecule is NCc1cc(F)cc(OCc2cccc([N+](=O)[O-])c2)c1. The molecule has 2 rings (SSSR count). The van der Waals surface area contributed by atoms with Gasteiger partial charge in [0.15, 0.2) is 0 Å². The molecule has 0 aromatic heterocycles. The van der Waals surface area contributed by atoms with Gasteiger partial charge in [-0.2, -0.15) is 0 Å². The van der Waals surface area contributed by atoms with Gasteiger partial charge in [-0.05, 0) is 23.3 Å². The minimum absolute atomic E-state index is 0.00649. The van der Waals surface area contributed by atoms with Crippen LogP contribution in [0.3, 0.4) is 0 Å². The maximum absolute atomic E-state index is 13.3. The summed E-state index contributed by atoms with van der Waals surface area (Å²) in [6.07, 6.45) is 0. The molecule has 0 fully saturated rings. The molecule has 0 saturated carbocycles. The third-order valence-corrected chi connectivity index (χ3v) is 2.69. The van der Waals surface area contributed by atoms with Crippen molar-refractivity contribution in [3.05, 3.63) is 69.5 Å². The second-order valence-corrected chi connectivity index (χ2v) is 4.21. The van der Waals surface area contributed by atoms with Crippen molar-refractivity contribution in [3.63, 3.8) is 0 Å². The largest absolute Gasteiger partial charge is 0.489 e. The maximum atomic E-state index is 13.3. The second-order valence-electron chi connectivity index (χ2n) is 4.21. The Bertz CT molecular complexity index is 632. The van der Waals surface area contributed by atoms with Crippen molar-refractivity contribution in [1.82, 2.24) is 0 Å². The van der Waals surface area contributed by atoms with Gasteiger partial charge >= 0.3 is 0 Å². The van der Waals surface area contributed by atoms with Gasteiger partial charge in [-0.3, -0.25) is 10.1 Å². The van der Waals surface area contributed by atoms with E-state index in [9.17, 15) is 14.5 Å². The molecule has 0 heterocycles. The van der Waals surface area contributed by atoms with Crippen LogP contribution in [0.1, 0.15) is 11.1 Å². The van der Waals surface area contributed by atoms with Crippen molar-refractivity contribution >= 4 is 5.69 Å². The number of rotatable bonds is 5. The molecule has 0 amide bonds. The molecule has 0 aliphatic rings. The maximum Gasteiger partial charge on any atom is 0.269 e. The number of hydrogen-bond donors (Lipinski definition) is 1. The van der Waals surface area contributed by atoms with Crippen LogP contribution in [0.4, 0.5) is 10.1 Å². The Balaban J connectivity index is 2.10. The Morgan fingerprint density at radius 2 is 2.00 bits per heavy atom. The zero-order valence-electron chi connectivity index (χ0n) is 10.6. The smallest absolute Gasteiger partial charge is 0.269 e. The minimum atomic E-state index is -0.474. The van der Waals surface area contributed by atoms with E-state index in [0.717, 1.165) is 0 Å². The summed E-state index contributed by atoms with van der Waals surface area (Å²) in [6.45, 7) is 0.333. The summed E-state index contributed by atoms with van der Waals surface area (Å²) in [5.41, 5.74) is 6.71. The first-order valence-electron chi connectivity index (χ1n) is 5.94. The Kier molecular flexibility index (Phi) is 4.27. The van der Waals surface area contributed by atoms with Crippen molar-refractivity contribution in [1.29, 1.82) is 0 Å². The molecule has 2 aromatic rings. The molecule has 6 heteroatoms. The average Bonchev–Trinajstić information content (AvgIpc) is 2.44. The van der Waals surface area contributed by atoms with Crippen LogP contribution in [0.15, 0.2) is 42.5 Å². The number of non-ortho nitro benzene ring substituents is 1. The molecule has 0 aliphatic heterocycles. The molecule has 0 atom stereocenters. The van der Waals surface area contributed by atoms with Crippen LogP contribution in [0.5, 0.6) is 5.75 Å². The molecule has 2 N–H and O–H groups in total. The molecule has 0 saturated heterocycles. The molecule has 0 spiro atoms. The Labute approximate surface area is 114 Å². The Morgan fingerprint density at radius 1 is 1.20 bits per heavy atom. The van der Waals surface area contributed by atoms with E-state index in [1.807, 2.05) is 0 Å². The van der Waals surface area contributed by atoms with Gasteiger partial charge in [-0.15, -0.1) is 0 Å². The predicted molar refractivity (Wildman–Crippen MR) is 71.7 cm³/mol. The van der Waals surface area contributed by atoms with E-state index < -0.39 is 10.7 Å². The summed E-state index contributed by atoms with van der Waals surface area (Å²) in [6, 6.07) is 10.3. The molecule has 5 nitrogen and oxygen atoms in total. The van der Waals surface area contributed by atoms with Crippen LogP contribution in [-0.2, 0) is 13.2 Å². The van der Waals surface area contributed by atoms with Crippen molar-refractivity contribution < 1.29 is 14.1 Å². The molecule has 0 radical (unpaired) electrons. The van der Waals surface area contributed by atoms with E-state index in [0.29, 0.717) is 16.9 Å². The van der Waals surface area contributed by atoms with Crippen LogP contribution in [0, 0.1) is 15.9 Å². The first kappa shape index (κ1) is 14.0. The third kappa shape index (κ3) is 3.52. The van der Waals surface area contributed by atoms with Crippen LogP contribution < -0.4 is 10.5 Å². The summed E-state index contributed by atoms with van der Waals surface area (Å²) in [7, 11) is 0. The number of nitrogens with zero attached hydrogens (tertiary/aromatic N) is 1. The summed E-state index contributed by atoms with van der Waals surface area (Å²) >= 11 is 0. The monoisotopic (exact) mass is 276 g/mol. The number of nitrogens with two attached hydrogens (primary N) is 1. The average molecular weight is 276 g/mol. The fourth-order valence-corrected chi connectivity index (χ4v) is 1.75. The van der Waals surface area contributed by atoms with Gasteiger partial charge in [0.1, 0.15) is 18.2 Å². The molecule has 2 aromatic carbocycles. The Morgan fingerprint density at radius 3 is 2.70 bits per heavy atom. The van der Waals surface area contributed by atoms with Gasteiger partial charge in [-0.1, -0.05) is 12.1 Å². The minimum Gasteiger partial charge on any atom is -0.489 e. The fourth-order valence-electron chi connectivity index (χ4n) is 1.75. The molecule has 104 valence electrons. The molecular weight excluding hydrogens is 263 g/mol. The number of halogens is 1. The van der Waals surface area contributed by atoms with Gasteiger partial charge < -0.3 is 10.5 Å². The quantitative estimate of drug-likeness (QED) is 0.672. The van der Waals surface area contributed by atoms with E-state index in [2.05, 4.69) is 0 Å². The highest BCUT2D eigenvalue weighted by molar-refractivity contribution is 5.35. The number of ether oxygens (including phenoxy) is 1. The summed E-state index contributed by atoms with van der Waals surface area (Å²) in [4.78, 5) is 10.2. The molecule has 0 bridgehead atoms. The van der Waals surface area contributed by atoms with Crippen LogP contribution in [0.25, 0.3) is 0 Å².